The number of hydrogen-bond donors (Lipinski definition) is 3. The Balaban J connectivity index is 2.00. The fourth-order valence-electron chi connectivity index (χ4n) is 2.12. The normalized spacial score (nSPS) is 13.0. The van der Waals surface area contributed by atoms with Gasteiger partial charge in [0.15, 0.2) is 0 Å². The summed E-state index contributed by atoms with van der Waals surface area (Å²) < 4.78 is 31.5. The molecule has 0 bridgehead atoms. The number of urea groups is 1. The van der Waals surface area contributed by atoms with E-state index in [2.05, 4.69) is 10.6 Å². The maximum atomic E-state index is 13.7. The van der Waals surface area contributed by atoms with E-state index in [1.165, 1.54) is 49.6 Å². The van der Waals surface area contributed by atoms with Gasteiger partial charge in [-0.3, -0.25) is 0 Å². The van der Waals surface area contributed by atoms with Crippen molar-refractivity contribution in [3.8, 4) is 5.75 Å². The number of amides is 2. The maximum absolute atomic E-state index is 13.7. The number of benzene rings is 2. The first-order chi connectivity index (χ1) is 11.4. The Morgan fingerprint density at radius 3 is 2.46 bits per heavy atom. The van der Waals surface area contributed by atoms with Gasteiger partial charge < -0.3 is 20.5 Å². The van der Waals surface area contributed by atoms with Gasteiger partial charge in [0.25, 0.3) is 0 Å². The van der Waals surface area contributed by atoms with E-state index < -0.39 is 29.8 Å². The molecular weight excluding hydrogens is 318 g/mol. The Bertz CT molecular complexity index is 707. The van der Waals surface area contributed by atoms with Crippen LogP contribution in [0.4, 0.5) is 19.3 Å². The van der Waals surface area contributed by atoms with Crippen molar-refractivity contribution < 1.29 is 23.4 Å². The predicted octanol–water partition coefficient (Wildman–Crippen LogP) is 3.22. The van der Waals surface area contributed by atoms with Crippen molar-refractivity contribution in [3.63, 3.8) is 0 Å². The lowest BCUT2D eigenvalue weighted by atomic mass is 10.0. The van der Waals surface area contributed by atoms with Gasteiger partial charge in [0.2, 0.25) is 0 Å². The summed E-state index contributed by atoms with van der Waals surface area (Å²) in [5.74, 6) is -0.637. The third kappa shape index (κ3) is 4.42. The zero-order valence-corrected chi connectivity index (χ0v) is 13.2. The van der Waals surface area contributed by atoms with Gasteiger partial charge >= 0.3 is 6.03 Å². The molecule has 0 spiro atoms. The monoisotopic (exact) mass is 336 g/mol. The molecule has 5 nitrogen and oxygen atoms in total. The molecule has 2 unspecified atom stereocenters. The molecule has 2 aromatic carbocycles. The number of carbonyl (C=O) groups is 1. The fourth-order valence-corrected chi connectivity index (χ4v) is 2.12. The molecule has 0 aromatic heterocycles. The average Bonchev–Trinajstić information content (AvgIpc) is 2.56. The second kappa shape index (κ2) is 7.74. The molecule has 0 aliphatic carbocycles. The van der Waals surface area contributed by atoms with E-state index in [1.807, 2.05) is 0 Å². The van der Waals surface area contributed by atoms with Crippen molar-refractivity contribution in [2.45, 2.75) is 19.1 Å². The summed E-state index contributed by atoms with van der Waals surface area (Å²) in [6.07, 6.45) is -1.04. The molecule has 2 atom stereocenters. The summed E-state index contributed by atoms with van der Waals surface area (Å²) in [5.41, 5.74) is 0.409. The minimum absolute atomic E-state index is 0.0460. The lowest BCUT2D eigenvalue weighted by molar-refractivity contribution is 0.139. The van der Waals surface area contributed by atoms with Crippen molar-refractivity contribution in [1.82, 2.24) is 5.32 Å². The highest BCUT2D eigenvalue weighted by Crippen LogP contribution is 2.21. The highest BCUT2D eigenvalue weighted by Gasteiger charge is 2.19. The highest BCUT2D eigenvalue weighted by molar-refractivity contribution is 5.89. The average molecular weight is 336 g/mol. The lowest BCUT2D eigenvalue weighted by Crippen LogP contribution is -2.39. The molecule has 2 aromatic rings. The van der Waals surface area contributed by atoms with Crippen LogP contribution in [0.5, 0.6) is 5.75 Å². The first-order valence-corrected chi connectivity index (χ1v) is 7.25. The molecule has 0 saturated carbocycles. The van der Waals surface area contributed by atoms with E-state index in [9.17, 15) is 18.7 Å². The number of hydrogen-bond acceptors (Lipinski definition) is 3. The van der Waals surface area contributed by atoms with E-state index in [-0.39, 0.29) is 5.69 Å². The van der Waals surface area contributed by atoms with Crippen LogP contribution in [0.1, 0.15) is 18.6 Å². The molecule has 7 heteroatoms. The summed E-state index contributed by atoms with van der Waals surface area (Å²) in [5, 5.41) is 15.0. The number of aliphatic hydroxyl groups is 1. The van der Waals surface area contributed by atoms with Gasteiger partial charge in [-0.15, -0.1) is 0 Å². The number of aliphatic hydroxyl groups excluding tert-OH is 1. The molecule has 3 N–H and O–H groups in total. The van der Waals surface area contributed by atoms with E-state index in [0.717, 1.165) is 0 Å². The molecule has 0 aliphatic heterocycles. The van der Waals surface area contributed by atoms with Crippen LogP contribution in [0.2, 0.25) is 0 Å². The Hall–Kier alpha value is -2.67. The summed E-state index contributed by atoms with van der Waals surface area (Å²) in [4.78, 5) is 12.0. The number of methoxy groups -OCH3 is 1. The molecule has 0 fully saturated rings. The lowest BCUT2D eigenvalue weighted by Gasteiger charge is -2.21. The van der Waals surface area contributed by atoms with Crippen LogP contribution < -0.4 is 15.4 Å². The third-order valence-electron chi connectivity index (χ3n) is 3.47. The van der Waals surface area contributed by atoms with Crippen LogP contribution in [0, 0.1) is 11.6 Å². The smallest absolute Gasteiger partial charge is 0.319 e. The van der Waals surface area contributed by atoms with E-state index in [4.69, 9.17) is 4.74 Å². The van der Waals surface area contributed by atoms with E-state index in [0.29, 0.717) is 11.3 Å². The number of ether oxygens (including phenoxy) is 1. The van der Waals surface area contributed by atoms with E-state index in [1.54, 1.807) is 6.92 Å². The first-order valence-electron chi connectivity index (χ1n) is 7.25. The number of carbonyl (C=O) groups excluding carboxylic acids is 1. The van der Waals surface area contributed by atoms with Gasteiger partial charge in [-0.2, -0.15) is 0 Å². The van der Waals surface area contributed by atoms with Crippen molar-refractivity contribution >= 4 is 11.7 Å². The molecule has 0 radical (unpaired) electrons. The minimum Gasteiger partial charge on any atom is -0.497 e. The predicted molar refractivity (Wildman–Crippen MR) is 85.9 cm³/mol. The van der Waals surface area contributed by atoms with Gasteiger partial charge in [-0.25, -0.2) is 13.6 Å². The molecule has 0 heterocycles. The standard InChI is InChI=1S/C17H18F2N2O3/c1-10(16(22)11-3-5-12(18)6-4-11)20-17(23)21-15-9-13(24-2)7-8-14(15)19/h3-10,16,22H,1-2H3,(H2,20,21,23). The third-order valence-corrected chi connectivity index (χ3v) is 3.47. The van der Waals surface area contributed by atoms with Crippen molar-refractivity contribution in [3.05, 3.63) is 59.7 Å². The summed E-state index contributed by atoms with van der Waals surface area (Å²) >= 11 is 0. The van der Waals surface area contributed by atoms with Crippen LogP contribution in [0.15, 0.2) is 42.5 Å². The van der Waals surface area contributed by atoms with Crippen molar-refractivity contribution in [2.75, 3.05) is 12.4 Å². The topological polar surface area (TPSA) is 70.6 Å². The second-order valence-corrected chi connectivity index (χ2v) is 5.23. The first kappa shape index (κ1) is 17.7. The van der Waals surface area contributed by atoms with Crippen LogP contribution in [-0.2, 0) is 0 Å². The van der Waals surface area contributed by atoms with Crippen LogP contribution in [0.3, 0.4) is 0 Å². The van der Waals surface area contributed by atoms with Crippen LogP contribution in [0.25, 0.3) is 0 Å². The van der Waals surface area contributed by atoms with Gasteiger partial charge in [0, 0.05) is 6.07 Å². The SMILES string of the molecule is COc1ccc(F)c(NC(=O)NC(C)C(O)c2ccc(F)cc2)c1. The molecule has 24 heavy (non-hydrogen) atoms. The Morgan fingerprint density at radius 2 is 1.83 bits per heavy atom. The summed E-state index contributed by atoms with van der Waals surface area (Å²) in [6, 6.07) is 7.88. The fraction of sp³-hybridized carbons (Fsp3) is 0.235. The van der Waals surface area contributed by atoms with Crippen LogP contribution >= 0.6 is 0 Å². The number of rotatable bonds is 5. The molecule has 0 saturated heterocycles. The van der Waals surface area contributed by atoms with E-state index >= 15 is 0 Å². The Labute approximate surface area is 138 Å². The molecular formula is C17H18F2N2O3. The zero-order chi connectivity index (χ0) is 17.7. The summed E-state index contributed by atoms with van der Waals surface area (Å²) in [7, 11) is 1.43. The molecule has 128 valence electrons. The van der Waals surface area contributed by atoms with Gasteiger partial charge in [0.1, 0.15) is 17.4 Å². The summed E-state index contributed by atoms with van der Waals surface area (Å²) in [6.45, 7) is 1.58. The molecule has 2 rings (SSSR count). The minimum atomic E-state index is -1.04. The maximum Gasteiger partial charge on any atom is 0.319 e. The van der Waals surface area contributed by atoms with Gasteiger partial charge in [-0.05, 0) is 36.8 Å². The van der Waals surface area contributed by atoms with Gasteiger partial charge in [-0.1, -0.05) is 12.1 Å². The van der Waals surface area contributed by atoms with Crippen molar-refractivity contribution in [1.29, 1.82) is 0 Å². The number of nitrogens with one attached hydrogen (secondary N) is 2. The Kier molecular flexibility index (Phi) is 5.70. The van der Waals surface area contributed by atoms with Gasteiger partial charge in [0.05, 0.1) is 24.9 Å². The second-order valence-electron chi connectivity index (χ2n) is 5.23. The molecule has 0 aliphatic rings. The largest absolute Gasteiger partial charge is 0.497 e. The van der Waals surface area contributed by atoms with Crippen LogP contribution in [-0.4, -0.2) is 24.3 Å². The number of halogens is 2. The molecule has 2 amide bonds. The Morgan fingerprint density at radius 1 is 1.17 bits per heavy atom. The number of anilines is 1. The highest BCUT2D eigenvalue weighted by atomic mass is 19.1. The van der Waals surface area contributed by atoms with Crippen molar-refractivity contribution in [2.24, 2.45) is 0 Å². The zero-order valence-electron chi connectivity index (χ0n) is 13.2. The quantitative estimate of drug-likeness (QED) is 0.785.